The molecular weight excluding hydrogens is 270 g/mol. The summed E-state index contributed by atoms with van der Waals surface area (Å²) in [4.78, 5) is 15.7. The van der Waals surface area contributed by atoms with Crippen molar-refractivity contribution in [3.63, 3.8) is 0 Å². The minimum Gasteiger partial charge on any atom is -0.508 e. The Hall–Kier alpha value is -3.08. The van der Waals surface area contributed by atoms with Gasteiger partial charge in [0.25, 0.3) is 0 Å². The van der Waals surface area contributed by atoms with Crippen molar-refractivity contribution in [2.24, 2.45) is 0 Å². The number of carbonyl (C=O) groups is 1. The van der Waals surface area contributed by atoms with Gasteiger partial charge in [0, 0.05) is 10.9 Å². The highest BCUT2D eigenvalue weighted by molar-refractivity contribution is 6.05. The maximum atomic E-state index is 11.4. The molecule has 0 atom stereocenters. The molecule has 1 aromatic heterocycles. The van der Waals surface area contributed by atoms with E-state index >= 15 is 0 Å². The van der Waals surface area contributed by atoms with Gasteiger partial charge in [0.05, 0.1) is 11.3 Å². The standard InChI is InChI=1S/C16H11NO4/c18-10-4-1-3-9(7-10)13-8-12(16(20)21)11-5-2-6-14(19)15(11)17-13/h1-8,18-19H,(H,20,21). The number of fused-ring (bicyclic) bond motifs is 1. The van der Waals surface area contributed by atoms with Gasteiger partial charge in [0.1, 0.15) is 17.0 Å². The zero-order valence-electron chi connectivity index (χ0n) is 10.8. The third kappa shape index (κ3) is 2.25. The molecule has 0 aliphatic carbocycles. The molecule has 0 radical (unpaired) electrons. The predicted molar refractivity (Wildman–Crippen MR) is 77.5 cm³/mol. The first-order valence-corrected chi connectivity index (χ1v) is 6.21. The number of rotatable bonds is 2. The summed E-state index contributed by atoms with van der Waals surface area (Å²) in [7, 11) is 0. The van der Waals surface area contributed by atoms with Crippen LogP contribution in [0.5, 0.6) is 11.5 Å². The number of para-hydroxylation sites is 1. The summed E-state index contributed by atoms with van der Waals surface area (Å²) < 4.78 is 0. The SMILES string of the molecule is O=C(O)c1cc(-c2cccc(O)c2)nc2c(O)cccc12. The molecule has 5 nitrogen and oxygen atoms in total. The monoisotopic (exact) mass is 281 g/mol. The molecule has 2 aromatic carbocycles. The molecule has 0 aliphatic heterocycles. The summed E-state index contributed by atoms with van der Waals surface area (Å²) in [6, 6.07) is 12.4. The third-order valence-corrected chi connectivity index (χ3v) is 3.19. The van der Waals surface area contributed by atoms with Gasteiger partial charge >= 0.3 is 5.97 Å². The van der Waals surface area contributed by atoms with E-state index in [2.05, 4.69) is 4.98 Å². The van der Waals surface area contributed by atoms with Gasteiger partial charge < -0.3 is 15.3 Å². The lowest BCUT2D eigenvalue weighted by molar-refractivity contribution is 0.0699. The van der Waals surface area contributed by atoms with Crippen LogP contribution in [-0.2, 0) is 0 Å². The van der Waals surface area contributed by atoms with E-state index in [1.165, 1.54) is 24.3 Å². The smallest absolute Gasteiger partial charge is 0.336 e. The summed E-state index contributed by atoms with van der Waals surface area (Å²) in [5.41, 5.74) is 1.21. The van der Waals surface area contributed by atoms with E-state index in [1.807, 2.05) is 0 Å². The Morgan fingerprint density at radius 3 is 2.48 bits per heavy atom. The molecule has 5 heteroatoms. The normalized spacial score (nSPS) is 10.7. The molecule has 0 fully saturated rings. The number of carboxylic acid groups (broad SMARTS) is 1. The zero-order chi connectivity index (χ0) is 15.0. The molecule has 3 N–H and O–H groups in total. The summed E-state index contributed by atoms with van der Waals surface area (Å²) in [5.74, 6) is -1.13. The van der Waals surface area contributed by atoms with E-state index in [1.54, 1.807) is 24.3 Å². The minimum absolute atomic E-state index is 0.0502. The molecule has 0 aliphatic rings. The summed E-state index contributed by atoms with van der Waals surface area (Å²) in [5, 5.41) is 29.1. The van der Waals surface area contributed by atoms with Crippen molar-refractivity contribution >= 4 is 16.9 Å². The van der Waals surface area contributed by atoms with Crippen molar-refractivity contribution in [1.82, 2.24) is 4.98 Å². The minimum atomic E-state index is -1.10. The second kappa shape index (κ2) is 4.79. The van der Waals surface area contributed by atoms with Crippen LogP contribution in [0.4, 0.5) is 0 Å². The lowest BCUT2D eigenvalue weighted by atomic mass is 10.0. The highest BCUT2D eigenvalue weighted by Crippen LogP contribution is 2.30. The van der Waals surface area contributed by atoms with Crippen LogP contribution in [0.25, 0.3) is 22.2 Å². The summed E-state index contributed by atoms with van der Waals surface area (Å²) in [6.07, 6.45) is 0. The van der Waals surface area contributed by atoms with Gasteiger partial charge in [-0.2, -0.15) is 0 Å². The molecule has 0 amide bonds. The summed E-state index contributed by atoms with van der Waals surface area (Å²) >= 11 is 0. The lowest BCUT2D eigenvalue weighted by Gasteiger charge is -2.08. The van der Waals surface area contributed by atoms with E-state index in [0.29, 0.717) is 16.6 Å². The van der Waals surface area contributed by atoms with Crippen LogP contribution in [0.1, 0.15) is 10.4 Å². The zero-order valence-corrected chi connectivity index (χ0v) is 10.8. The van der Waals surface area contributed by atoms with Crippen LogP contribution < -0.4 is 0 Å². The van der Waals surface area contributed by atoms with Gasteiger partial charge in [0.2, 0.25) is 0 Å². The largest absolute Gasteiger partial charge is 0.508 e. The average Bonchev–Trinajstić information content (AvgIpc) is 2.46. The molecule has 0 bridgehead atoms. The quantitative estimate of drug-likeness (QED) is 0.671. The fourth-order valence-corrected chi connectivity index (χ4v) is 2.22. The molecule has 0 unspecified atom stereocenters. The predicted octanol–water partition coefficient (Wildman–Crippen LogP) is 3.01. The fraction of sp³-hybridized carbons (Fsp3) is 0. The van der Waals surface area contributed by atoms with Crippen LogP contribution in [0, 0.1) is 0 Å². The van der Waals surface area contributed by atoms with Gasteiger partial charge in [-0.1, -0.05) is 24.3 Å². The Labute approximate surface area is 119 Å². The van der Waals surface area contributed by atoms with E-state index in [0.717, 1.165) is 0 Å². The van der Waals surface area contributed by atoms with Crippen molar-refractivity contribution in [2.75, 3.05) is 0 Å². The van der Waals surface area contributed by atoms with Crippen molar-refractivity contribution in [2.45, 2.75) is 0 Å². The van der Waals surface area contributed by atoms with Crippen LogP contribution in [-0.4, -0.2) is 26.3 Å². The molecule has 3 aromatic rings. The van der Waals surface area contributed by atoms with E-state index in [4.69, 9.17) is 0 Å². The maximum Gasteiger partial charge on any atom is 0.336 e. The number of aromatic nitrogens is 1. The Kier molecular flexibility index (Phi) is 2.95. The average molecular weight is 281 g/mol. The Morgan fingerprint density at radius 2 is 1.76 bits per heavy atom. The number of carboxylic acids is 1. The number of hydrogen-bond acceptors (Lipinski definition) is 4. The fourth-order valence-electron chi connectivity index (χ4n) is 2.22. The van der Waals surface area contributed by atoms with Gasteiger partial charge in [-0.05, 0) is 24.3 Å². The van der Waals surface area contributed by atoms with Crippen LogP contribution >= 0.6 is 0 Å². The van der Waals surface area contributed by atoms with Crippen LogP contribution in [0.15, 0.2) is 48.5 Å². The van der Waals surface area contributed by atoms with Crippen LogP contribution in [0.3, 0.4) is 0 Å². The van der Waals surface area contributed by atoms with Crippen molar-refractivity contribution < 1.29 is 20.1 Å². The number of phenols is 2. The first-order valence-electron chi connectivity index (χ1n) is 6.21. The molecular formula is C16H11NO4. The first kappa shape index (κ1) is 12.9. The number of aromatic carboxylic acids is 1. The number of aromatic hydroxyl groups is 2. The van der Waals surface area contributed by atoms with Crippen molar-refractivity contribution in [3.05, 3.63) is 54.1 Å². The van der Waals surface area contributed by atoms with Gasteiger partial charge in [-0.25, -0.2) is 9.78 Å². The number of nitrogens with zero attached hydrogens (tertiary/aromatic N) is 1. The van der Waals surface area contributed by atoms with Gasteiger partial charge in [0.15, 0.2) is 0 Å². The highest BCUT2D eigenvalue weighted by atomic mass is 16.4. The molecule has 3 rings (SSSR count). The third-order valence-electron chi connectivity index (χ3n) is 3.19. The molecule has 0 saturated carbocycles. The molecule has 104 valence electrons. The second-order valence-electron chi connectivity index (χ2n) is 4.58. The number of benzene rings is 2. The van der Waals surface area contributed by atoms with E-state index in [-0.39, 0.29) is 22.6 Å². The van der Waals surface area contributed by atoms with E-state index in [9.17, 15) is 20.1 Å². The van der Waals surface area contributed by atoms with Crippen LogP contribution in [0.2, 0.25) is 0 Å². The van der Waals surface area contributed by atoms with Gasteiger partial charge in [-0.3, -0.25) is 0 Å². The second-order valence-corrected chi connectivity index (χ2v) is 4.58. The molecule has 21 heavy (non-hydrogen) atoms. The van der Waals surface area contributed by atoms with E-state index < -0.39 is 5.97 Å². The molecule has 1 heterocycles. The number of hydrogen-bond donors (Lipinski definition) is 3. The molecule has 0 saturated heterocycles. The topological polar surface area (TPSA) is 90.7 Å². The number of phenolic OH excluding ortho intramolecular Hbond substituents is 2. The first-order chi connectivity index (χ1) is 10.1. The Morgan fingerprint density at radius 1 is 1.00 bits per heavy atom. The summed E-state index contributed by atoms with van der Waals surface area (Å²) in [6.45, 7) is 0. The van der Waals surface area contributed by atoms with Crippen molar-refractivity contribution in [3.8, 4) is 22.8 Å². The molecule has 0 spiro atoms. The lowest BCUT2D eigenvalue weighted by Crippen LogP contribution is -2.00. The Bertz CT molecular complexity index is 858. The highest BCUT2D eigenvalue weighted by Gasteiger charge is 2.15. The Balaban J connectivity index is 2.35. The number of pyridine rings is 1. The maximum absolute atomic E-state index is 11.4. The van der Waals surface area contributed by atoms with Gasteiger partial charge in [-0.15, -0.1) is 0 Å². The van der Waals surface area contributed by atoms with Crippen molar-refractivity contribution in [1.29, 1.82) is 0 Å².